The fourth-order valence-corrected chi connectivity index (χ4v) is 5.94. The third kappa shape index (κ3) is 7.69. The molecule has 0 aromatic heterocycles. The number of hydrogen-bond acceptors (Lipinski definition) is 4. The Morgan fingerprint density at radius 2 is 1.57 bits per heavy atom. The first-order valence-corrected chi connectivity index (χ1v) is 15.3. The third-order valence-corrected chi connectivity index (χ3v) is 9.23. The summed E-state index contributed by atoms with van der Waals surface area (Å²) >= 11 is 19.0. The second kappa shape index (κ2) is 13.7. The number of anilines is 1. The van der Waals surface area contributed by atoms with Gasteiger partial charge in [-0.1, -0.05) is 77.6 Å². The Bertz CT molecular complexity index is 1470. The van der Waals surface area contributed by atoms with Gasteiger partial charge >= 0.3 is 0 Å². The third-order valence-electron chi connectivity index (χ3n) is 6.53. The normalized spacial score (nSPS) is 12.9. The topological polar surface area (TPSA) is 86.8 Å². The van der Waals surface area contributed by atoms with Crippen molar-refractivity contribution in [2.45, 2.75) is 57.6 Å². The number of hydrogen-bond donors (Lipinski definition) is 1. The smallest absolute Gasteiger partial charge is 0.264 e. The molecule has 3 aromatic carbocycles. The Kier molecular flexibility index (Phi) is 10.9. The van der Waals surface area contributed by atoms with Gasteiger partial charge in [0.25, 0.3) is 10.0 Å². The molecular weight excluding hydrogens is 593 g/mol. The molecule has 3 rings (SSSR count). The Balaban J connectivity index is 2.08. The van der Waals surface area contributed by atoms with Gasteiger partial charge in [-0.15, -0.1) is 0 Å². The number of carbonyl (C=O) groups excluding carboxylic acids is 2. The van der Waals surface area contributed by atoms with E-state index in [1.807, 2.05) is 20.8 Å². The highest BCUT2D eigenvalue weighted by molar-refractivity contribution is 7.92. The minimum Gasteiger partial charge on any atom is -0.352 e. The molecule has 2 amide bonds. The molecular formula is C29H32Cl3N3O4S. The average Bonchev–Trinajstić information content (AvgIpc) is 2.92. The quantitative estimate of drug-likeness (QED) is 0.265. The van der Waals surface area contributed by atoms with Gasteiger partial charge in [-0.05, 0) is 69.2 Å². The van der Waals surface area contributed by atoms with Crippen molar-refractivity contribution in [2.24, 2.45) is 0 Å². The minimum atomic E-state index is -4.27. The summed E-state index contributed by atoms with van der Waals surface area (Å²) in [7, 11) is -4.27. The number of sulfonamides is 1. The van der Waals surface area contributed by atoms with E-state index in [0.717, 1.165) is 9.87 Å². The van der Waals surface area contributed by atoms with Crippen molar-refractivity contribution < 1.29 is 18.0 Å². The summed E-state index contributed by atoms with van der Waals surface area (Å²) in [5, 5.41) is 3.64. The van der Waals surface area contributed by atoms with Crippen molar-refractivity contribution in [1.82, 2.24) is 10.2 Å². The molecule has 0 saturated heterocycles. The molecule has 0 spiro atoms. The van der Waals surface area contributed by atoms with Gasteiger partial charge in [-0.25, -0.2) is 8.42 Å². The average molecular weight is 625 g/mol. The van der Waals surface area contributed by atoms with Gasteiger partial charge in [0.05, 0.1) is 15.6 Å². The standard InChI is InChI=1S/C29H32Cl3N3O4S/c1-5-20(3)33-29(37)21(4)34(17-22-8-6-7-9-25(22)31)28(36)18-35(27-16-23(30)12-15-26(27)32)40(38,39)24-13-10-19(2)11-14-24/h6-16,20-21H,5,17-18H2,1-4H3,(H,33,37)/t20-,21-/m1/s1. The predicted octanol–water partition coefficient (Wildman–Crippen LogP) is 6.48. The first kappa shape index (κ1) is 31.7. The van der Waals surface area contributed by atoms with Crippen molar-refractivity contribution in [3.05, 3.63) is 92.9 Å². The highest BCUT2D eigenvalue weighted by Crippen LogP contribution is 2.33. The fourth-order valence-electron chi connectivity index (χ4n) is 3.89. The second-order valence-corrected chi connectivity index (χ2v) is 12.6. The SMILES string of the molecule is CC[C@@H](C)NC(=O)[C@@H](C)N(Cc1ccccc1Cl)C(=O)CN(c1cc(Cl)ccc1Cl)S(=O)(=O)c1ccc(C)cc1. The minimum absolute atomic E-state index is 0.0186. The molecule has 40 heavy (non-hydrogen) atoms. The van der Waals surface area contributed by atoms with Gasteiger partial charge in [0.2, 0.25) is 11.8 Å². The van der Waals surface area contributed by atoms with Gasteiger partial charge < -0.3 is 10.2 Å². The van der Waals surface area contributed by atoms with Crippen molar-refractivity contribution in [3.8, 4) is 0 Å². The van der Waals surface area contributed by atoms with Gasteiger partial charge in [-0.2, -0.15) is 0 Å². The van der Waals surface area contributed by atoms with Crippen molar-refractivity contribution in [3.63, 3.8) is 0 Å². The molecule has 11 heteroatoms. The Morgan fingerprint density at radius 3 is 2.20 bits per heavy atom. The number of benzene rings is 3. The predicted molar refractivity (Wildman–Crippen MR) is 162 cm³/mol. The van der Waals surface area contributed by atoms with Gasteiger partial charge in [0, 0.05) is 22.6 Å². The number of aryl methyl sites for hydroxylation is 1. The van der Waals surface area contributed by atoms with Crippen molar-refractivity contribution >= 4 is 62.3 Å². The van der Waals surface area contributed by atoms with E-state index < -0.39 is 28.5 Å². The summed E-state index contributed by atoms with van der Waals surface area (Å²) in [5.41, 5.74) is 1.52. The first-order valence-electron chi connectivity index (χ1n) is 12.7. The van der Waals surface area contributed by atoms with Crippen LogP contribution < -0.4 is 9.62 Å². The van der Waals surface area contributed by atoms with Crippen molar-refractivity contribution in [1.29, 1.82) is 0 Å². The maximum absolute atomic E-state index is 14.0. The van der Waals surface area contributed by atoms with Crippen LogP contribution in [0.4, 0.5) is 5.69 Å². The van der Waals surface area contributed by atoms with E-state index in [-0.39, 0.29) is 39.1 Å². The lowest BCUT2D eigenvalue weighted by molar-refractivity contribution is -0.139. The van der Waals surface area contributed by atoms with Crippen LogP contribution in [0.15, 0.2) is 71.6 Å². The molecule has 0 fully saturated rings. The number of nitrogens with one attached hydrogen (secondary N) is 1. The summed E-state index contributed by atoms with van der Waals surface area (Å²) in [6.45, 7) is 6.57. The summed E-state index contributed by atoms with van der Waals surface area (Å²) < 4.78 is 28.8. The Morgan fingerprint density at radius 1 is 0.925 bits per heavy atom. The van der Waals surface area contributed by atoms with E-state index >= 15 is 0 Å². The summed E-state index contributed by atoms with van der Waals surface area (Å²) in [5.74, 6) is -0.998. The summed E-state index contributed by atoms with van der Waals surface area (Å²) in [6, 6.07) is 16.5. The molecule has 0 aliphatic rings. The lowest BCUT2D eigenvalue weighted by atomic mass is 10.1. The molecule has 2 atom stereocenters. The molecule has 0 heterocycles. The van der Waals surface area contributed by atoms with Gasteiger partial charge in [0.1, 0.15) is 12.6 Å². The maximum Gasteiger partial charge on any atom is 0.264 e. The van der Waals surface area contributed by atoms with E-state index in [2.05, 4.69) is 5.32 Å². The van der Waals surface area contributed by atoms with Crippen LogP contribution >= 0.6 is 34.8 Å². The first-order chi connectivity index (χ1) is 18.8. The number of carbonyl (C=O) groups is 2. The number of rotatable bonds is 11. The highest BCUT2D eigenvalue weighted by atomic mass is 35.5. The largest absolute Gasteiger partial charge is 0.352 e. The van der Waals surface area contributed by atoms with Crippen molar-refractivity contribution in [2.75, 3.05) is 10.8 Å². The molecule has 0 unspecified atom stereocenters. The maximum atomic E-state index is 14.0. The van der Waals surface area contributed by atoms with E-state index in [9.17, 15) is 18.0 Å². The van der Waals surface area contributed by atoms with Crippen LogP contribution in [-0.4, -0.2) is 43.8 Å². The van der Waals surface area contributed by atoms with E-state index in [0.29, 0.717) is 17.0 Å². The molecule has 0 radical (unpaired) electrons. The number of nitrogens with zero attached hydrogens (tertiary/aromatic N) is 2. The Labute approximate surface area is 251 Å². The zero-order valence-electron chi connectivity index (χ0n) is 22.7. The number of halogens is 3. The molecule has 0 aliphatic carbocycles. The van der Waals surface area contributed by atoms with E-state index in [1.54, 1.807) is 43.3 Å². The molecule has 214 valence electrons. The summed E-state index contributed by atoms with van der Waals surface area (Å²) in [6.07, 6.45) is 0.701. The zero-order valence-corrected chi connectivity index (χ0v) is 25.8. The highest BCUT2D eigenvalue weighted by Gasteiger charge is 2.34. The zero-order chi connectivity index (χ0) is 29.6. The van der Waals surface area contributed by atoms with E-state index in [1.165, 1.54) is 35.2 Å². The molecule has 0 saturated carbocycles. The van der Waals surface area contributed by atoms with Crippen LogP contribution in [0.1, 0.15) is 38.3 Å². The summed E-state index contributed by atoms with van der Waals surface area (Å²) in [4.78, 5) is 28.4. The van der Waals surface area contributed by atoms with Crippen LogP contribution in [0, 0.1) is 6.92 Å². The van der Waals surface area contributed by atoms with Crippen LogP contribution in [0.5, 0.6) is 0 Å². The van der Waals surface area contributed by atoms with Crippen LogP contribution in [0.2, 0.25) is 15.1 Å². The molecule has 0 aliphatic heterocycles. The monoisotopic (exact) mass is 623 g/mol. The fraction of sp³-hybridized carbons (Fsp3) is 0.310. The van der Waals surface area contributed by atoms with Crippen LogP contribution in [-0.2, 0) is 26.2 Å². The lowest BCUT2D eigenvalue weighted by Gasteiger charge is -2.33. The number of amides is 2. The van der Waals surface area contributed by atoms with Crippen LogP contribution in [0.25, 0.3) is 0 Å². The van der Waals surface area contributed by atoms with E-state index in [4.69, 9.17) is 34.8 Å². The van der Waals surface area contributed by atoms with Gasteiger partial charge in [-0.3, -0.25) is 13.9 Å². The molecule has 3 aromatic rings. The lowest BCUT2D eigenvalue weighted by Crippen LogP contribution is -2.52. The van der Waals surface area contributed by atoms with Crippen LogP contribution in [0.3, 0.4) is 0 Å². The Hall–Kier alpha value is -2.78. The second-order valence-electron chi connectivity index (χ2n) is 9.53. The molecule has 7 nitrogen and oxygen atoms in total. The van der Waals surface area contributed by atoms with Gasteiger partial charge in [0.15, 0.2) is 0 Å². The molecule has 1 N–H and O–H groups in total. The molecule has 0 bridgehead atoms.